The lowest BCUT2D eigenvalue weighted by Crippen LogP contribution is -2.05. The maximum Gasteiger partial charge on any atom is 0.182 e. The van der Waals surface area contributed by atoms with Crippen LogP contribution < -0.4 is 0 Å². The van der Waals surface area contributed by atoms with Crippen LogP contribution in [0.2, 0.25) is 0 Å². The van der Waals surface area contributed by atoms with E-state index in [-0.39, 0.29) is 12.2 Å². The van der Waals surface area contributed by atoms with E-state index in [1.807, 2.05) is 0 Å². The first-order valence-electron chi connectivity index (χ1n) is 3.51. The van der Waals surface area contributed by atoms with Crippen molar-refractivity contribution in [3.63, 3.8) is 0 Å². The minimum absolute atomic E-state index is 0.0528. The van der Waals surface area contributed by atoms with Gasteiger partial charge >= 0.3 is 0 Å². The van der Waals surface area contributed by atoms with Gasteiger partial charge in [-0.15, -0.1) is 10.2 Å². The predicted octanol–water partition coefficient (Wildman–Crippen LogP) is -0.102. The summed E-state index contributed by atoms with van der Waals surface area (Å²) in [5.41, 5.74) is 0.516. The molecule has 0 bridgehead atoms. The molecule has 5 heteroatoms. The van der Waals surface area contributed by atoms with Gasteiger partial charge in [-0.3, -0.25) is 4.79 Å². The van der Waals surface area contributed by atoms with Crippen LogP contribution in [0, 0.1) is 0 Å². The molecule has 0 aliphatic carbocycles. The van der Waals surface area contributed by atoms with Crippen molar-refractivity contribution in [3.05, 3.63) is 18.0 Å². The number of carbonyl (C=O) groups excluding carboxylic acids is 1. The van der Waals surface area contributed by atoms with Crippen molar-refractivity contribution < 1.29 is 4.79 Å². The minimum Gasteiger partial charge on any atom is -0.294 e. The first-order valence-corrected chi connectivity index (χ1v) is 3.51. The van der Waals surface area contributed by atoms with Gasteiger partial charge in [0.15, 0.2) is 11.6 Å². The van der Waals surface area contributed by atoms with E-state index >= 15 is 0 Å². The first-order chi connectivity index (χ1) is 5.59. The average Bonchev–Trinajstić information content (AvgIpc) is 2.35. The summed E-state index contributed by atoms with van der Waals surface area (Å²) in [6.45, 7) is 5.19. The number of tetrazole rings is 1. The summed E-state index contributed by atoms with van der Waals surface area (Å²) in [7, 11) is 1.65. The summed E-state index contributed by atoms with van der Waals surface area (Å²) in [5, 5.41) is 11.1. The molecule has 0 saturated heterocycles. The largest absolute Gasteiger partial charge is 0.294 e. The van der Waals surface area contributed by atoms with Crippen LogP contribution in [0.1, 0.15) is 12.7 Å². The summed E-state index contributed by atoms with van der Waals surface area (Å²) in [6, 6.07) is 0. The second-order valence-electron chi connectivity index (χ2n) is 2.58. The maximum absolute atomic E-state index is 11.1. The molecule has 0 amide bonds. The SMILES string of the molecule is C=C(C)C(=O)Cc1nnn(C)n1. The lowest BCUT2D eigenvalue weighted by molar-refractivity contribution is -0.115. The molecule has 0 aliphatic heterocycles. The molecule has 0 unspecified atom stereocenters. The predicted molar refractivity (Wildman–Crippen MR) is 42.3 cm³/mol. The fourth-order valence-electron chi connectivity index (χ4n) is 0.689. The molecule has 1 aromatic heterocycles. The van der Waals surface area contributed by atoms with E-state index < -0.39 is 0 Å². The van der Waals surface area contributed by atoms with Gasteiger partial charge in [-0.05, 0) is 17.7 Å². The molecule has 1 heterocycles. The Morgan fingerprint density at radius 1 is 1.67 bits per heavy atom. The number of hydrogen-bond donors (Lipinski definition) is 0. The van der Waals surface area contributed by atoms with Gasteiger partial charge < -0.3 is 0 Å². The van der Waals surface area contributed by atoms with Crippen molar-refractivity contribution >= 4 is 5.78 Å². The molecule has 1 rings (SSSR count). The summed E-state index contributed by atoms with van der Waals surface area (Å²) < 4.78 is 0. The number of nitrogens with zero attached hydrogens (tertiary/aromatic N) is 4. The summed E-state index contributed by atoms with van der Waals surface area (Å²) in [5.74, 6) is 0.383. The van der Waals surface area contributed by atoms with Crippen LogP contribution in [-0.2, 0) is 18.3 Å². The van der Waals surface area contributed by atoms with Gasteiger partial charge in [0.25, 0.3) is 0 Å². The number of aromatic nitrogens is 4. The molecule has 0 radical (unpaired) electrons. The van der Waals surface area contributed by atoms with E-state index in [1.54, 1.807) is 14.0 Å². The Labute approximate surface area is 70.1 Å². The van der Waals surface area contributed by atoms with E-state index in [4.69, 9.17) is 0 Å². The Balaban J connectivity index is 2.64. The Morgan fingerprint density at radius 2 is 2.33 bits per heavy atom. The van der Waals surface area contributed by atoms with Crippen LogP contribution in [0.15, 0.2) is 12.2 Å². The van der Waals surface area contributed by atoms with Crippen LogP contribution in [0.5, 0.6) is 0 Å². The highest BCUT2D eigenvalue weighted by atomic mass is 16.1. The Hall–Kier alpha value is -1.52. The van der Waals surface area contributed by atoms with Gasteiger partial charge in [0.2, 0.25) is 0 Å². The second kappa shape index (κ2) is 3.25. The molecular formula is C7H10N4O. The van der Waals surface area contributed by atoms with Gasteiger partial charge in [0.05, 0.1) is 13.5 Å². The lowest BCUT2D eigenvalue weighted by Gasteiger charge is -1.92. The third-order valence-corrected chi connectivity index (χ3v) is 1.34. The Bertz CT molecular complexity index is 315. The van der Waals surface area contributed by atoms with Crippen molar-refractivity contribution in [2.75, 3.05) is 0 Å². The highest BCUT2D eigenvalue weighted by molar-refractivity contribution is 5.95. The molecule has 0 aliphatic rings. The van der Waals surface area contributed by atoms with Gasteiger partial charge in [-0.2, -0.15) is 4.80 Å². The first kappa shape index (κ1) is 8.58. The fourth-order valence-corrected chi connectivity index (χ4v) is 0.689. The Kier molecular flexibility index (Phi) is 2.32. The molecule has 0 fully saturated rings. The monoisotopic (exact) mass is 166 g/mol. The number of Topliss-reactive ketones (excluding diaryl/α,β-unsaturated/α-hetero) is 1. The van der Waals surface area contributed by atoms with Crippen molar-refractivity contribution in [1.29, 1.82) is 0 Å². The normalized spacial score (nSPS) is 9.83. The third-order valence-electron chi connectivity index (χ3n) is 1.34. The quantitative estimate of drug-likeness (QED) is 0.588. The number of allylic oxidation sites excluding steroid dienone is 1. The van der Waals surface area contributed by atoms with E-state index in [2.05, 4.69) is 22.0 Å². The average molecular weight is 166 g/mol. The van der Waals surface area contributed by atoms with E-state index in [0.29, 0.717) is 11.4 Å². The summed E-state index contributed by atoms with van der Waals surface area (Å²) in [4.78, 5) is 12.4. The van der Waals surface area contributed by atoms with E-state index in [1.165, 1.54) is 4.80 Å². The molecule has 0 N–H and O–H groups in total. The van der Waals surface area contributed by atoms with Crippen LogP contribution in [0.3, 0.4) is 0 Å². The number of aryl methyl sites for hydroxylation is 1. The smallest absolute Gasteiger partial charge is 0.182 e. The molecule has 0 atom stereocenters. The van der Waals surface area contributed by atoms with Crippen molar-refractivity contribution in [2.45, 2.75) is 13.3 Å². The van der Waals surface area contributed by atoms with Crippen LogP contribution in [0.25, 0.3) is 0 Å². The van der Waals surface area contributed by atoms with Gasteiger partial charge in [-0.25, -0.2) is 0 Å². The zero-order valence-corrected chi connectivity index (χ0v) is 7.11. The van der Waals surface area contributed by atoms with Crippen LogP contribution in [-0.4, -0.2) is 26.0 Å². The van der Waals surface area contributed by atoms with Gasteiger partial charge in [0.1, 0.15) is 0 Å². The van der Waals surface area contributed by atoms with Crippen molar-refractivity contribution in [3.8, 4) is 0 Å². The Morgan fingerprint density at radius 3 is 2.75 bits per heavy atom. The molecule has 0 aromatic carbocycles. The van der Waals surface area contributed by atoms with E-state index in [0.717, 1.165) is 0 Å². The van der Waals surface area contributed by atoms with Gasteiger partial charge in [0, 0.05) is 0 Å². The molecule has 1 aromatic rings. The molecular weight excluding hydrogens is 156 g/mol. The molecule has 5 nitrogen and oxygen atoms in total. The molecule has 12 heavy (non-hydrogen) atoms. The maximum atomic E-state index is 11.1. The number of carbonyl (C=O) groups is 1. The number of rotatable bonds is 3. The van der Waals surface area contributed by atoms with Gasteiger partial charge in [-0.1, -0.05) is 6.58 Å². The lowest BCUT2D eigenvalue weighted by atomic mass is 10.1. The zero-order chi connectivity index (χ0) is 9.14. The molecule has 0 saturated carbocycles. The molecule has 0 spiro atoms. The third kappa shape index (κ3) is 1.98. The summed E-state index contributed by atoms with van der Waals surface area (Å²) >= 11 is 0. The topological polar surface area (TPSA) is 60.7 Å². The second-order valence-corrected chi connectivity index (χ2v) is 2.58. The fraction of sp³-hybridized carbons (Fsp3) is 0.429. The van der Waals surface area contributed by atoms with Crippen molar-refractivity contribution in [2.24, 2.45) is 7.05 Å². The zero-order valence-electron chi connectivity index (χ0n) is 7.11. The number of hydrogen-bond acceptors (Lipinski definition) is 4. The highest BCUT2D eigenvalue weighted by Gasteiger charge is 2.07. The highest BCUT2D eigenvalue weighted by Crippen LogP contribution is 1.96. The van der Waals surface area contributed by atoms with Crippen LogP contribution in [0.4, 0.5) is 0 Å². The summed E-state index contributed by atoms with van der Waals surface area (Å²) in [6.07, 6.45) is 0.184. The molecule has 64 valence electrons. The standard InChI is InChI=1S/C7H10N4O/c1-5(2)6(12)4-7-8-10-11(3)9-7/h1,4H2,2-3H3. The van der Waals surface area contributed by atoms with Crippen LogP contribution >= 0.6 is 0 Å². The number of ketones is 1. The van der Waals surface area contributed by atoms with Crippen molar-refractivity contribution in [1.82, 2.24) is 20.2 Å². The van der Waals surface area contributed by atoms with E-state index in [9.17, 15) is 4.79 Å². The minimum atomic E-state index is -0.0528.